The molecule has 154 valence electrons. The van der Waals surface area contributed by atoms with Crippen LogP contribution < -0.4 is 9.46 Å². The van der Waals surface area contributed by atoms with Gasteiger partial charge in [0.25, 0.3) is 11.8 Å². The Kier molecular flexibility index (Phi) is 6.39. The van der Waals surface area contributed by atoms with E-state index in [0.717, 1.165) is 6.20 Å². The third kappa shape index (κ3) is 4.69. The van der Waals surface area contributed by atoms with E-state index in [9.17, 15) is 22.7 Å². The molecule has 1 aliphatic heterocycles. The second-order valence-electron chi connectivity index (χ2n) is 6.19. The summed E-state index contributed by atoms with van der Waals surface area (Å²) in [6, 6.07) is 5.66. The molecule has 1 N–H and O–H groups in total. The van der Waals surface area contributed by atoms with Crippen LogP contribution in [-0.2, 0) is 11.3 Å². The SMILES string of the molecule is COc1cc(NS(=O)[O-])ccc1C(=O)N1CCN(C(=O)c2ccncc2F)CC1. The lowest BCUT2D eigenvalue weighted by molar-refractivity contribution is 0.0531. The van der Waals surface area contributed by atoms with Gasteiger partial charge in [0, 0.05) is 55.4 Å². The Bertz CT molecular complexity index is 950. The second kappa shape index (κ2) is 8.97. The molecule has 2 aromatic rings. The van der Waals surface area contributed by atoms with Crippen LogP contribution in [-0.4, -0.2) is 68.6 Å². The zero-order chi connectivity index (χ0) is 21.0. The number of aromatic nitrogens is 1. The predicted molar refractivity (Wildman–Crippen MR) is 102 cm³/mol. The Balaban J connectivity index is 1.68. The molecule has 29 heavy (non-hydrogen) atoms. The Labute approximate surface area is 168 Å². The van der Waals surface area contributed by atoms with E-state index in [-0.39, 0.29) is 54.7 Å². The standard InChI is InChI=1S/C18H19FN4O5S/c1-28-16-10-12(21-29(26)27)2-3-14(16)18(25)23-8-6-22(7-9-23)17(24)13-4-5-20-11-15(13)19/h2-5,10-11,21H,6-9H2,1H3,(H,26,27)/p-1. The first kappa shape index (κ1) is 20.7. The van der Waals surface area contributed by atoms with E-state index < -0.39 is 23.0 Å². The fourth-order valence-electron chi connectivity index (χ4n) is 3.03. The Hall–Kier alpha value is -3.05. The zero-order valence-electron chi connectivity index (χ0n) is 15.5. The number of piperazine rings is 1. The summed E-state index contributed by atoms with van der Waals surface area (Å²) < 4.78 is 42.7. The van der Waals surface area contributed by atoms with Gasteiger partial charge in [-0.2, -0.15) is 0 Å². The van der Waals surface area contributed by atoms with Gasteiger partial charge in [-0.1, -0.05) is 0 Å². The van der Waals surface area contributed by atoms with Crippen molar-refractivity contribution in [3.05, 3.63) is 53.6 Å². The molecule has 1 aromatic heterocycles. The van der Waals surface area contributed by atoms with Gasteiger partial charge in [0.15, 0.2) is 5.82 Å². The van der Waals surface area contributed by atoms with Crippen molar-refractivity contribution in [2.45, 2.75) is 0 Å². The summed E-state index contributed by atoms with van der Waals surface area (Å²) in [6.45, 7) is 1.04. The van der Waals surface area contributed by atoms with Crippen LogP contribution in [0.4, 0.5) is 10.1 Å². The van der Waals surface area contributed by atoms with Gasteiger partial charge in [-0.15, -0.1) is 0 Å². The number of nitrogens with zero attached hydrogens (tertiary/aromatic N) is 3. The summed E-state index contributed by atoms with van der Waals surface area (Å²) in [5.74, 6) is -1.22. The van der Waals surface area contributed by atoms with Crippen LogP contribution in [0.1, 0.15) is 20.7 Å². The summed E-state index contributed by atoms with van der Waals surface area (Å²) in [5, 5.41) is 0. The minimum atomic E-state index is -2.49. The molecule has 11 heteroatoms. The molecule has 1 saturated heterocycles. The van der Waals surface area contributed by atoms with Crippen molar-refractivity contribution in [2.75, 3.05) is 38.0 Å². The molecule has 1 aromatic carbocycles. The predicted octanol–water partition coefficient (Wildman–Crippen LogP) is 1.03. The summed E-state index contributed by atoms with van der Waals surface area (Å²) in [5.41, 5.74) is 0.483. The van der Waals surface area contributed by atoms with Crippen LogP contribution in [0.2, 0.25) is 0 Å². The van der Waals surface area contributed by atoms with Crippen LogP contribution in [0.3, 0.4) is 0 Å². The normalized spacial score (nSPS) is 15.0. The fourth-order valence-corrected chi connectivity index (χ4v) is 3.35. The van der Waals surface area contributed by atoms with E-state index in [0.29, 0.717) is 0 Å². The molecular weight excluding hydrogens is 403 g/mol. The number of halogens is 1. The second-order valence-corrected chi connectivity index (χ2v) is 6.87. The first-order valence-corrected chi connectivity index (χ1v) is 9.70. The zero-order valence-corrected chi connectivity index (χ0v) is 16.3. The first-order valence-electron chi connectivity index (χ1n) is 8.62. The van der Waals surface area contributed by atoms with E-state index in [1.165, 1.54) is 42.5 Å². The maximum absolute atomic E-state index is 13.8. The molecule has 1 aliphatic rings. The van der Waals surface area contributed by atoms with Crippen molar-refractivity contribution in [1.82, 2.24) is 14.8 Å². The third-order valence-electron chi connectivity index (χ3n) is 4.49. The molecule has 0 radical (unpaired) electrons. The van der Waals surface area contributed by atoms with E-state index in [1.807, 2.05) is 0 Å². The molecule has 0 saturated carbocycles. The average molecular weight is 421 g/mol. The Morgan fingerprint density at radius 1 is 1.14 bits per heavy atom. The molecule has 0 aliphatic carbocycles. The van der Waals surface area contributed by atoms with Crippen LogP contribution >= 0.6 is 0 Å². The summed E-state index contributed by atoms with van der Waals surface area (Å²) in [6.07, 6.45) is 2.34. The topological polar surface area (TPSA) is 115 Å². The number of hydrogen-bond acceptors (Lipinski definition) is 6. The summed E-state index contributed by atoms with van der Waals surface area (Å²) in [4.78, 5) is 32.0. The monoisotopic (exact) mass is 421 g/mol. The highest BCUT2D eigenvalue weighted by Gasteiger charge is 2.28. The molecular formula is C18H18FN4O5S-. The average Bonchev–Trinajstić information content (AvgIpc) is 2.72. The van der Waals surface area contributed by atoms with E-state index >= 15 is 0 Å². The third-order valence-corrected chi connectivity index (χ3v) is 4.89. The first-order chi connectivity index (χ1) is 13.9. The molecule has 3 rings (SSSR count). The van der Waals surface area contributed by atoms with Crippen molar-refractivity contribution < 1.29 is 27.5 Å². The van der Waals surface area contributed by atoms with Crippen molar-refractivity contribution in [1.29, 1.82) is 0 Å². The maximum Gasteiger partial charge on any atom is 0.257 e. The Morgan fingerprint density at radius 2 is 1.76 bits per heavy atom. The van der Waals surface area contributed by atoms with Gasteiger partial charge >= 0.3 is 0 Å². The number of carbonyl (C=O) groups is 2. The van der Waals surface area contributed by atoms with Crippen molar-refractivity contribution in [2.24, 2.45) is 0 Å². The lowest BCUT2D eigenvalue weighted by Gasteiger charge is -2.35. The number of anilines is 1. The van der Waals surface area contributed by atoms with Gasteiger partial charge in [-0.05, 0) is 18.2 Å². The van der Waals surface area contributed by atoms with E-state index in [4.69, 9.17) is 4.74 Å². The molecule has 1 atom stereocenters. The van der Waals surface area contributed by atoms with Crippen LogP contribution in [0, 0.1) is 5.82 Å². The van der Waals surface area contributed by atoms with Gasteiger partial charge in [0.05, 0.1) is 24.4 Å². The fraction of sp³-hybridized carbons (Fsp3) is 0.278. The number of hydrogen-bond donors (Lipinski definition) is 1. The van der Waals surface area contributed by atoms with Gasteiger partial charge in [0.2, 0.25) is 0 Å². The molecule has 9 nitrogen and oxygen atoms in total. The number of rotatable bonds is 5. The maximum atomic E-state index is 13.8. The number of nitrogens with one attached hydrogen (secondary N) is 1. The van der Waals surface area contributed by atoms with Gasteiger partial charge < -0.3 is 23.8 Å². The highest BCUT2D eigenvalue weighted by molar-refractivity contribution is 7.80. The number of amides is 2. The number of pyridine rings is 1. The number of carbonyl (C=O) groups excluding carboxylic acids is 2. The minimum Gasteiger partial charge on any atom is -0.755 e. The van der Waals surface area contributed by atoms with E-state index in [2.05, 4.69) is 9.71 Å². The molecule has 1 unspecified atom stereocenters. The molecule has 2 amide bonds. The highest BCUT2D eigenvalue weighted by Crippen LogP contribution is 2.25. The van der Waals surface area contributed by atoms with E-state index in [1.54, 1.807) is 4.90 Å². The molecule has 2 heterocycles. The Morgan fingerprint density at radius 3 is 2.31 bits per heavy atom. The largest absolute Gasteiger partial charge is 0.755 e. The lowest BCUT2D eigenvalue weighted by Crippen LogP contribution is -2.50. The van der Waals surface area contributed by atoms with Gasteiger partial charge in [0.1, 0.15) is 5.75 Å². The van der Waals surface area contributed by atoms with Crippen molar-refractivity contribution >= 4 is 28.8 Å². The summed E-state index contributed by atoms with van der Waals surface area (Å²) >= 11 is -2.49. The number of benzene rings is 1. The van der Waals surface area contributed by atoms with Crippen molar-refractivity contribution in [3.8, 4) is 5.75 Å². The number of methoxy groups -OCH3 is 1. The van der Waals surface area contributed by atoms with Gasteiger partial charge in [-0.25, -0.2) is 4.39 Å². The van der Waals surface area contributed by atoms with Crippen molar-refractivity contribution in [3.63, 3.8) is 0 Å². The quantitative estimate of drug-likeness (QED) is 0.722. The van der Waals surface area contributed by atoms with Gasteiger partial charge in [-0.3, -0.25) is 18.8 Å². The number of ether oxygens (including phenoxy) is 1. The highest BCUT2D eigenvalue weighted by atomic mass is 32.2. The van der Waals surface area contributed by atoms with Crippen LogP contribution in [0.5, 0.6) is 5.75 Å². The summed E-state index contributed by atoms with van der Waals surface area (Å²) in [7, 11) is 1.38. The minimum absolute atomic E-state index is 0.0553. The molecule has 0 bridgehead atoms. The lowest BCUT2D eigenvalue weighted by atomic mass is 10.1. The van der Waals surface area contributed by atoms with Crippen LogP contribution in [0.25, 0.3) is 0 Å². The van der Waals surface area contributed by atoms with Crippen LogP contribution in [0.15, 0.2) is 36.7 Å². The molecule has 1 fully saturated rings. The molecule has 0 spiro atoms. The smallest absolute Gasteiger partial charge is 0.257 e.